The fourth-order valence-electron chi connectivity index (χ4n) is 1.79. The van der Waals surface area contributed by atoms with Crippen molar-refractivity contribution < 1.29 is 0 Å². The summed E-state index contributed by atoms with van der Waals surface area (Å²) in [6.45, 7) is 2.01. The Morgan fingerprint density at radius 3 is 2.76 bits per heavy atom. The fraction of sp³-hybridized carbons (Fsp3) is 0.308. The van der Waals surface area contributed by atoms with Gasteiger partial charge in [-0.25, -0.2) is 4.98 Å². The van der Waals surface area contributed by atoms with Crippen molar-refractivity contribution in [3.8, 4) is 0 Å². The normalized spacial score (nSPS) is 12.6. The number of aryl methyl sites for hydroxylation is 1. The number of halogens is 1. The molecule has 1 heterocycles. The second-order valence-corrected chi connectivity index (χ2v) is 5.59. The van der Waals surface area contributed by atoms with E-state index in [1.54, 1.807) is 11.3 Å². The summed E-state index contributed by atoms with van der Waals surface area (Å²) in [5, 5.41) is 3.95. The van der Waals surface area contributed by atoms with Crippen LogP contribution in [0.5, 0.6) is 0 Å². The van der Waals surface area contributed by atoms with Crippen molar-refractivity contribution in [2.24, 2.45) is 5.73 Å². The molecule has 0 aliphatic rings. The van der Waals surface area contributed by atoms with Crippen LogP contribution in [-0.2, 0) is 12.8 Å². The summed E-state index contributed by atoms with van der Waals surface area (Å²) in [4.78, 5) is 4.42. The molecule has 0 aliphatic carbocycles. The van der Waals surface area contributed by atoms with E-state index in [1.165, 1.54) is 0 Å². The van der Waals surface area contributed by atoms with Gasteiger partial charge in [-0.05, 0) is 25.0 Å². The number of rotatable bonds is 4. The van der Waals surface area contributed by atoms with Crippen molar-refractivity contribution in [1.29, 1.82) is 0 Å². The molecule has 2 rings (SSSR count). The monoisotopic (exact) mass is 266 g/mol. The van der Waals surface area contributed by atoms with Crippen LogP contribution in [0.3, 0.4) is 0 Å². The van der Waals surface area contributed by atoms with Gasteiger partial charge in [0, 0.05) is 22.9 Å². The van der Waals surface area contributed by atoms with Gasteiger partial charge in [0.15, 0.2) is 0 Å². The SMILES string of the molecule is Cc1nc(CC(N)Cc2ccccc2Cl)cs1. The predicted octanol–water partition coefficient (Wildman–Crippen LogP) is 3.22. The average Bonchev–Trinajstić information content (AvgIpc) is 2.67. The quantitative estimate of drug-likeness (QED) is 0.923. The Labute approximate surface area is 110 Å². The summed E-state index contributed by atoms with van der Waals surface area (Å²) >= 11 is 7.77. The third kappa shape index (κ3) is 3.53. The molecule has 0 spiro atoms. The molecule has 2 nitrogen and oxygen atoms in total. The van der Waals surface area contributed by atoms with E-state index in [2.05, 4.69) is 10.4 Å². The molecule has 0 saturated carbocycles. The Bertz CT molecular complexity index is 496. The molecule has 0 saturated heterocycles. The second kappa shape index (κ2) is 5.63. The zero-order valence-corrected chi connectivity index (χ0v) is 11.3. The Balaban J connectivity index is 1.98. The smallest absolute Gasteiger partial charge is 0.0897 e. The van der Waals surface area contributed by atoms with Crippen molar-refractivity contribution in [1.82, 2.24) is 4.98 Å². The van der Waals surface area contributed by atoms with Crippen LogP contribution in [0.25, 0.3) is 0 Å². The van der Waals surface area contributed by atoms with E-state index in [4.69, 9.17) is 17.3 Å². The lowest BCUT2D eigenvalue weighted by molar-refractivity contribution is 0.656. The van der Waals surface area contributed by atoms with Gasteiger partial charge in [0.2, 0.25) is 0 Å². The highest BCUT2D eigenvalue weighted by Crippen LogP contribution is 2.17. The Morgan fingerprint density at radius 2 is 2.12 bits per heavy atom. The van der Waals surface area contributed by atoms with E-state index in [0.29, 0.717) is 0 Å². The van der Waals surface area contributed by atoms with E-state index in [-0.39, 0.29) is 6.04 Å². The minimum absolute atomic E-state index is 0.0661. The van der Waals surface area contributed by atoms with Crippen LogP contribution in [-0.4, -0.2) is 11.0 Å². The van der Waals surface area contributed by atoms with E-state index < -0.39 is 0 Å². The fourth-order valence-corrected chi connectivity index (χ4v) is 2.63. The van der Waals surface area contributed by atoms with Crippen LogP contribution in [0, 0.1) is 6.92 Å². The lowest BCUT2D eigenvalue weighted by Gasteiger charge is -2.11. The molecule has 0 radical (unpaired) electrons. The molecule has 17 heavy (non-hydrogen) atoms. The number of benzene rings is 1. The van der Waals surface area contributed by atoms with Crippen molar-refractivity contribution in [2.45, 2.75) is 25.8 Å². The maximum atomic E-state index is 6.12. The average molecular weight is 267 g/mol. The largest absolute Gasteiger partial charge is 0.327 e. The number of hydrogen-bond acceptors (Lipinski definition) is 3. The topological polar surface area (TPSA) is 38.9 Å². The molecule has 90 valence electrons. The summed E-state index contributed by atoms with van der Waals surface area (Å²) in [7, 11) is 0. The molecule has 0 fully saturated rings. The maximum absolute atomic E-state index is 6.12. The molecule has 2 N–H and O–H groups in total. The highest BCUT2D eigenvalue weighted by molar-refractivity contribution is 7.09. The first-order chi connectivity index (χ1) is 8.15. The molecule has 1 atom stereocenters. The van der Waals surface area contributed by atoms with Crippen LogP contribution in [0.15, 0.2) is 29.6 Å². The maximum Gasteiger partial charge on any atom is 0.0897 e. The Kier molecular flexibility index (Phi) is 4.15. The predicted molar refractivity (Wildman–Crippen MR) is 73.7 cm³/mol. The first-order valence-corrected chi connectivity index (χ1v) is 6.81. The summed E-state index contributed by atoms with van der Waals surface area (Å²) in [5.74, 6) is 0. The number of thiazole rings is 1. The van der Waals surface area contributed by atoms with Crippen LogP contribution in [0.1, 0.15) is 16.3 Å². The highest BCUT2D eigenvalue weighted by atomic mass is 35.5. The Hall–Kier alpha value is -0.900. The van der Waals surface area contributed by atoms with Crippen LogP contribution < -0.4 is 5.73 Å². The molecule has 4 heteroatoms. The van der Waals surface area contributed by atoms with Crippen LogP contribution in [0.4, 0.5) is 0 Å². The van der Waals surface area contributed by atoms with Crippen molar-refractivity contribution >= 4 is 22.9 Å². The van der Waals surface area contributed by atoms with Crippen LogP contribution in [0.2, 0.25) is 5.02 Å². The van der Waals surface area contributed by atoms with Crippen molar-refractivity contribution in [3.63, 3.8) is 0 Å². The molecule has 2 aromatic rings. The highest BCUT2D eigenvalue weighted by Gasteiger charge is 2.09. The summed E-state index contributed by atoms with van der Waals surface area (Å²) in [5.41, 5.74) is 8.30. The lowest BCUT2D eigenvalue weighted by atomic mass is 10.0. The molecule has 1 aromatic carbocycles. The van der Waals surface area contributed by atoms with E-state index in [9.17, 15) is 0 Å². The Morgan fingerprint density at radius 1 is 1.35 bits per heavy atom. The molecular formula is C13H15ClN2S. The standard InChI is InChI=1S/C13H15ClN2S/c1-9-16-12(8-17-9)7-11(15)6-10-4-2-3-5-13(10)14/h2-5,8,11H,6-7,15H2,1H3. The summed E-state index contributed by atoms with van der Waals surface area (Å²) in [6.07, 6.45) is 1.59. The van der Waals surface area contributed by atoms with Gasteiger partial charge in [0.1, 0.15) is 0 Å². The van der Waals surface area contributed by atoms with Gasteiger partial charge >= 0.3 is 0 Å². The molecule has 0 aliphatic heterocycles. The first-order valence-electron chi connectivity index (χ1n) is 5.55. The summed E-state index contributed by atoms with van der Waals surface area (Å²) < 4.78 is 0. The van der Waals surface area contributed by atoms with Gasteiger partial charge in [-0.3, -0.25) is 0 Å². The third-order valence-corrected chi connectivity index (χ3v) is 3.77. The van der Waals surface area contributed by atoms with Gasteiger partial charge in [0.25, 0.3) is 0 Å². The molecule has 1 unspecified atom stereocenters. The zero-order valence-electron chi connectivity index (χ0n) is 9.69. The van der Waals surface area contributed by atoms with Crippen molar-refractivity contribution in [3.05, 3.63) is 50.9 Å². The minimum atomic E-state index is 0.0661. The zero-order chi connectivity index (χ0) is 12.3. The van der Waals surface area contributed by atoms with Crippen molar-refractivity contribution in [2.75, 3.05) is 0 Å². The second-order valence-electron chi connectivity index (χ2n) is 4.12. The van der Waals surface area contributed by atoms with E-state index >= 15 is 0 Å². The van der Waals surface area contributed by atoms with Gasteiger partial charge in [-0.15, -0.1) is 11.3 Å². The number of hydrogen-bond donors (Lipinski definition) is 1. The number of nitrogens with two attached hydrogens (primary N) is 1. The first kappa shape index (κ1) is 12.6. The lowest BCUT2D eigenvalue weighted by Crippen LogP contribution is -2.25. The number of aromatic nitrogens is 1. The van der Waals surface area contributed by atoms with Gasteiger partial charge in [0.05, 0.1) is 10.7 Å². The summed E-state index contributed by atoms with van der Waals surface area (Å²) in [6, 6.07) is 7.91. The van der Waals surface area contributed by atoms with Gasteiger partial charge < -0.3 is 5.73 Å². The number of nitrogens with zero attached hydrogens (tertiary/aromatic N) is 1. The molecule has 0 amide bonds. The molecular weight excluding hydrogens is 252 g/mol. The molecule has 1 aromatic heterocycles. The molecule has 0 bridgehead atoms. The minimum Gasteiger partial charge on any atom is -0.327 e. The third-order valence-electron chi connectivity index (χ3n) is 2.58. The van der Waals surface area contributed by atoms with Gasteiger partial charge in [-0.2, -0.15) is 0 Å². The van der Waals surface area contributed by atoms with Crippen LogP contribution >= 0.6 is 22.9 Å². The van der Waals surface area contributed by atoms with E-state index in [0.717, 1.165) is 34.1 Å². The van der Waals surface area contributed by atoms with Gasteiger partial charge in [-0.1, -0.05) is 29.8 Å². The van der Waals surface area contributed by atoms with E-state index in [1.807, 2.05) is 31.2 Å².